The number of carbonyl (C=O) groups excluding carboxylic acids is 2. The molecule has 0 fully saturated rings. The zero-order valence-corrected chi connectivity index (χ0v) is 23.5. The molecule has 0 heterocycles. The first-order chi connectivity index (χ1) is 13.4. The van der Waals surface area contributed by atoms with E-state index in [-0.39, 0.29) is 13.7 Å². The van der Waals surface area contributed by atoms with Crippen LogP contribution in [0, 0.1) is 14.3 Å². The van der Waals surface area contributed by atoms with Crippen LogP contribution in [0.2, 0.25) is 0 Å². The Hall–Kier alpha value is 0.640. The Labute approximate surface area is 220 Å². The summed E-state index contributed by atoms with van der Waals surface area (Å²) in [4.78, 5) is 24.9. The molecule has 0 bridgehead atoms. The average Bonchev–Trinajstić information content (AvgIpc) is 2.58. The summed E-state index contributed by atoms with van der Waals surface area (Å²) in [7, 11) is -6.80. The lowest BCUT2D eigenvalue weighted by molar-refractivity contribution is -0.191. The second-order valence-electron chi connectivity index (χ2n) is 5.19. The van der Waals surface area contributed by atoms with Crippen LogP contribution < -0.4 is 5.32 Å². The number of hydrogen-bond acceptors (Lipinski definition) is 6. The van der Waals surface area contributed by atoms with Crippen LogP contribution in [0.5, 0.6) is 0 Å². The summed E-state index contributed by atoms with van der Waals surface area (Å²) >= 11 is 6.68. The molecule has 170 valence electrons. The molecule has 1 rings (SSSR count). The Bertz CT molecular complexity index is 985. The van der Waals surface area contributed by atoms with E-state index in [1.165, 1.54) is 29.5 Å². The van der Waals surface area contributed by atoms with Gasteiger partial charge in [0, 0.05) is 14.3 Å². The standard InChI is InChI=1S/C13H8F5I4NO6S/c1-2-29-10(25)4-3(5(19)7(21)8(22)6(4)20)9(24)23-11(12(14,15)16)13(17,18)30(26,27)28/h11H,2H2,1H3,(H,23,24)(H,26,27,28)/p-1. The SMILES string of the molecule is CCOC(=O)c1c(I)c(I)c(I)c(I)c1C(=O)NC(C(F)(F)F)C(F)(F)S(=O)(=O)[O-]. The number of benzene rings is 1. The van der Waals surface area contributed by atoms with Crippen LogP contribution in [-0.4, -0.2) is 48.9 Å². The maximum absolute atomic E-state index is 13.7. The highest BCUT2D eigenvalue weighted by atomic mass is 127. The maximum Gasteiger partial charge on any atom is 0.415 e. The largest absolute Gasteiger partial charge is 0.743 e. The van der Waals surface area contributed by atoms with E-state index in [0.717, 1.165) is 5.32 Å². The smallest absolute Gasteiger partial charge is 0.415 e. The van der Waals surface area contributed by atoms with E-state index in [0.29, 0.717) is 7.14 Å². The predicted molar refractivity (Wildman–Crippen MR) is 125 cm³/mol. The van der Waals surface area contributed by atoms with Gasteiger partial charge in [-0.15, -0.1) is 0 Å². The number of rotatable bonds is 6. The number of hydrogen-bond donors (Lipinski definition) is 1. The molecule has 0 aromatic heterocycles. The van der Waals surface area contributed by atoms with Gasteiger partial charge in [-0.05, 0) is 97.3 Å². The molecule has 0 aliphatic carbocycles. The Morgan fingerprint density at radius 2 is 1.43 bits per heavy atom. The summed E-state index contributed by atoms with van der Waals surface area (Å²) < 4.78 is 105. The second kappa shape index (κ2) is 10.3. The predicted octanol–water partition coefficient (Wildman–Crippen LogP) is 4.08. The topological polar surface area (TPSA) is 113 Å². The van der Waals surface area contributed by atoms with Gasteiger partial charge in [-0.1, -0.05) is 0 Å². The van der Waals surface area contributed by atoms with E-state index < -0.39 is 50.6 Å². The normalized spacial score (nSPS) is 13.7. The number of carbonyl (C=O) groups is 2. The lowest BCUT2D eigenvalue weighted by Crippen LogP contribution is -2.59. The molecule has 17 heteroatoms. The summed E-state index contributed by atoms with van der Waals surface area (Å²) in [6, 6.07) is -4.35. The van der Waals surface area contributed by atoms with Gasteiger partial charge >= 0.3 is 17.4 Å². The minimum atomic E-state index is -6.80. The van der Waals surface area contributed by atoms with E-state index in [2.05, 4.69) is 0 Å². The van der Waals surface area contributed by atoms with Crippen LogP contribution >= 0.6 is 90.4 Å². The van der Waals surface area contributed by atoms with Gasteiger partial charge in [-0.25, -0.2) is 13.2 Å². The van der Waals surface area contributed by atoms with Gasteiger partial charge in [-0.3, -0.25) is 4.79 Å². The first kappa shape index (κ1) is 28.7. The van der Waals surface area contributed by atoms with Crippen LogP contribution in [0.3, 0.4) is 0 Å². The molecule has 7 nitrogen and oxygen atoms in total. The molecule has 1 aromatic carbocycles. The molecule has 0 saturated heterocycles. The number of nitrogens with one attached hydrogen (secondary N) is 1. The number of ether oxygens (including phenoxy) is 1. The van der Waals surface area contributed by atoms with Crippen molar-refractivity contribution in [1.82, 2.24) is 5.32 Å². The van der Waals surface area contributed by atoms with Crippen molar-refractivity contribution in [2.45, 2.75) is 24.4 Å². The molecule has 1 N–H and O–H groups in total. The van der Waals surface area contributed by atoms with E-state index in [1.807, 2.05) is 0 Å². The fraction of sp³-hybridized carbons (Fsp3) is 0.385. The first-order valence-corrected chi connectivity index (χ1v) is 12.9. The maximum atomic E-state index is 13.7. The highest BCUT2D eigenvalue weighted by molar-refractivity contribution is 14.1. The molecular weight excluding hydrogens is 901 g/mol. The minimum Gasteiger partial charge on any atom is -0.743 e. The fourth-order valence-electron chi connectivity index (χ4n) is 1.94. The Morgan fingerprint density at radius 1 is 1.00 bits per heavy atom. The molecule has 0 aliphatic rings. The number of alkyl halides is 5. The average molecular weight is 908 g/mol. The van der Waals surface area contributed by atoms with Crippen molar-refractivity contribution in [2.24, 2.45) is 0 Å². The van der Waals surface area contributed by atoms with Crippen LogP contribution in [0.1, 0.15) is 27.6 Å². The summed E-state index contributed by atoms with van der Waals surface area (Å²) in [5.74, 6) is -2.94. The fourth-order valence-corrected chi connectivity index (χ4v) is 6.08. The van der Waals surface area contributed by atoms with Gasteiger partial charge in [-0.2, -0.15) is 22.0 Å². The lowest BCUT2D eigenvalue weighted by atomic mass is 10.1. The molecular formula is C13H7F5I4NO6S-. The quantitative estimate of drug-likeness (QED) is 0.115. The molecule has 1 atom stereocenters. The van der Waals surface area contributed by atoms with Gasteiger partial charge in [0.1, 0.15) is 0 Å². The van der Waals surface area contributed by atoms with Crippen molar-refractivity contribution >= 4 is 112 Å². The van der Waals surface area contributed by atoms with Crippen molar-refractivity contribution in [3.63, 3.8) is 0 Å². The van der Waals surface area contributed by atoms with Gasteiger partial charge < -0.3 is 14.6 Å². The zero-order valence-electron chi connectivity index (χ0n) is 14.0. The number of esters is 1. The lowest BCUT2D eigenvalue weighted by Gasteiger charge is -2.31. The van der Waals surface area contributed by atoms with Gasteiger partial charge in [0.15, 0.2) is 10.1 Å². The highest BCUT2D eigenvalue weighted by Crippen LogP contribution is 2.37. The van der Waals surface area contributed by atoms with Crippen molar-refractivity contribution < 1.29 is 49.2 Å². The Morgan fingerprint density at radius 3 is 1.80 bits per heavy atom. The van der Waals surface area contributed by atoms with E-state index in [1.54, 1.807) is 67.8 Å². The Balaban J connectivity index is 3.72. The summed E-state index contributed by atoms with van der Waals surface area (Å²) in [6.07, 6.45) is -6.00. The third-order valence-electron chi connectivity index (χ3n) is 3.25. The molecule has 0 saturated carbocycles. The van der Waals surface area contributed by atoms with Crippen molar-refractivity contribution in [1.29, 1.82) is 0 Å². The van der Waals surface area contributed by atoms with Gasteiger partial charge in [0.25, 0.3) is 5.91 Å². The van der Waals surface area contributed by atoms with Gasteiger partial charge in [0.2, 0.25) is 6.04 Å². The molecule has 0 aliphatic heterocycles. The second-order valence-corrected chi connectivity index (χ2v) is 11.0. The Kier molecular flexibility index (Phi) is 9.82. The van der Waals surface area contributed by atoms with Gasteiger partial charge in [0.05, 0.1) is 17.7 Å². The van der Waals surface area contributed by atoms with Crippen LogP contribution in [0.4, 0.5) is 22.0 Å². The van der Waals surface area contributed by atoms with Crippen LogP contribution in [0.15, 0.2) is 0 Å². The monoisotopic (exact) mass is 908 g/mol. The summed E-state index contributed by atoms with van der Waals surface area (Å²) in [5.41, 5.74) is -1.21. The molecule has 1 amide bonds. The summed E-state index contributed by atoms with van der Waals surface area (Å²) in [6.45, 7) is 1.26. The molecule has 0 radical (unpaired) electrons. The van der Waals surface area contributed by atoms with Crippen LogP contribution in [-0.2, 0) is 14.9 Å². The zero-order chi connectivity index (χ0) is 23.8. The van der Waals surface area contributed by atoms with Crippen LogP contribution in [0.25, 0.3) is 0 Å². The van der Waals surface area contributed by atoms with Crippen molar-refractivity contribution in [3.8, 4) is 0 Å². The van der Waals surface area contributed by atoms with E-state index in [4.69, 9.17) is 4.74 Å². The first-order valence-electron chi connectivity index (χ1n) is 7.13. The van der Waals surface area contributed by atoms with E-state index in [9.17, 15) is 44.5 Å². The molecule has 1 aromatic rings. The molecule has 0 spiro atoms. The van der Waals surface area contributed by atoms with E-state index >= 15 is 0 Å². The molecule has 30 heavy (non-hydrogen) atoms. The van der Waals surface area contributed by atoms with Crippen molar-refractivity contribution in [3.05, 3.63) is 25.4 Å². The molecule has 1 unspecified atom stereocenters. The number of amides is 1. The van der Waals surface area contributed by atoms with Crippen molar-refractivity contribution in [2.75, 3.05) is 6.61 Å². The third kappa shape index (κ3) is 5.95. The highest BCUT2D eigenvalue weighted by Gasteiger charge is 2.61. The minimum absolute atomic E-state index is 0.0622. The summed E-state index contributed by atoms with van der Waals surface area (Å²) in [5, 5.41) is -5.05. The third-order valence-corrected chi connectivity index (χ3v) is 11.6. The number of halogens is 9.